The number of thiazole rings is 1. The molecule has 3 rings (SSSR count). The van der Waals surface area contributed by atoms with E-state index < -0.39 is 10.0 Å². The highest BCUT2D eigenvalue weighted by Crippen LogP contribution is 2.24. The van der Waals surface area contributed by atoms with Crippen molar-refractivity contribution in [3.05, 3.63) is 41.0 Å². The molecular formula is C12H12N4O2S2. The number of benzene rings is 1. The molecule has 0 spiro atoms. The van der Waals surface area contributed by atoms with Crippen LogP contribution in [0.2, 0.25) is 0 Å². The molecule has 0 saturated heterocycles. The molecule has 0 fully saturated rings. The molecule has 0 bridgehead atoms. The third-order valence-electron chi connectivity index (χ3n) is 2.88. The lowest BCUT2D eigenvalue weighted by Crippen LogP contribution is -2.22. The van der Waals surface area contributed by atoms with Crippen molar-refractivity contribution < 1.29 is 8.42 Å². The SMILES string of the molecule is Nc1ccc2c(S(=O)(=O)NCc3cncs3)c[nH]c2c1. The molecule has 0 aliphatic rings. The normalized spacial score (nSPS) is 12.0. The zero-order valence-corrected chi connectivity index (χ0v) is 12.0. The number of nitrogen functional groups attached to an aromatic ring is 1. The number of fused-ring (bicyclic) bond motifs is 1. The molecule has 8 heteroatoms. The van der Waals surface area contributed by atoms with Crippen molar-refractivity contribution in [3.63, 3.8) is 0 Å². The maximum atomic E-state index is 12.3. The van der Waals surface area contributed by atoms with Gasteiger partial charge in [-0.1, -0.05) is 0 Å². The first kappa shape index (κ1) is 13.1. The monoisotopic (exact) mass is 308 g/mol. The molecular weight excluding hydrogens is 296 g/mol. The van der Waals surface area contributed by atoms with E-state index in [9.17, 15) is 8.42 Å². The smallest absolute Gasteiger partial charge is 0.243 e. The van der Waals surface area contributed by atoms with Gasteiger partial charge in [0.2, 0.25) is 10.0 Å². The highest BCUT2D eigenvalue weighted by atomic mass is 32.2. The Kier molecular flexibility index (Phi) is 3.20. The minimum absolute atomic E-state index is 0.219. The molecule has 2 heterocycles. The number of hydrogen-bond acceptors (Lipinski definition) is 5. The van der Waals surface area contributed by atoms with Gasteiger partial charge in [-0.2, -0.15) is 0 Å². The van der Waals surface area contributed by atoms with Gasteiger partial charge in [0.25, 0.3) is 0 Å². The number of hydrogen-bond donors (Lipinski definition) is 3. The van der Waals surface area contributed by atoms with Gasteiger partial charge >= 0.3 is 0 Å². The fourth-order valence-electron chi connectivity index (χ4n) is 1.91. The molecule has 0 aliphatic carbocycles. The largest absolute Gasteiger partial charge is 0.399 e. The molecule has 1 aromatic carbocycles. The van der Waals surface area contributed by atoms with Crippen LogP contribution >= 0.6 is 11.3 Å². The molecule has 2 aromatic heterocycles. The summed E-state index contributed by atoms with van der Waals surface area (Å²) in [5.41, 5.74) is 8.62. The Morgan fingerprint density at radius 3 is 3.00 bits per heavy atom. The van der Waals surface area contributed by atoms with Crippen LogP contribution in [0.4, 0.5) is 5.69 Å². The lowest BCUT2D eigenvalue weighted by atomic mass is 10.2. The van der Waals surface area contributed by atoms with Gasteiger partial charge in [0.05, 0.1) is 5.51 Å². The molecule has 0 unspecified atom stereocenters. The van der Waals surface area contributed by atoms with E-state index in [-0.39, 0.29) is 11.4 Å². The van der Waals surface area contributed by atoms with Crippen LogP contribution in [-0.2, 0) is 16.6 Å². The predicted molar refractivity (Wildman–Crippen MR) is 78.9 cm³/mol. The number of H-pyrrole nitrogens is 1. The molecule has 4 N–H and O–H groups in total. The van der Waals surface area contributed by atoms with E-state index in [1.807, 2.05) is 0 Å². The van der Waals surface area contributed by atoms with Crippen molar-refractivity contribution in [2.24, 2.45) is 0 Å². The van der Waals surface area contributed by atoms with Gasteiger partial charge in [-0.3, -0.25) is 4.98 Å². The summed E-state index contributed by atoms with van der Waals surface area (Å²) in [4.78, 5) is 7.91. The van der Waals surface area contributed by atoms with Crippen LogP contribution in [0.15, 0.2) is 41.0 Å². The summed E-state index contributed by atoms with van der Waals surface area (Å²) in [7, 11) is -3.58. The molecule has 20 heavy (non-hydrogen) atoms. The van der Waals surface area contributed by atoms with Gasteiger partial charge < -0.3 is 10.7 Å². The fourth-order valence-corrected chi connectivity index (χ4v) is 3.72. The van der Waals surface area contributed by atoms with Crippen LogP contribution in [0.3, 0.4) is 0 Å². The summed E-state index contributed by atoms with van der Waals surface area (Å²) < 4.78 is 27.2. The van der Waals surface area contributed by atoms with Gasteiger partial charge in [-0.15, -0.1) is 11.3 Å². The Hall–Kier alpha value is -1.90. The second-order valence-corrected chi connectivity index (χ2v) is 6.96. The number of nitrogens with two attached hydrogens (primary N) is 1. The highest BCUT2D eigenvalue weighted by Gasteiger charge is 2.18. The molecule has 0 atom stereocenters. The molecule has 104 valence electrons. The van der Waals surface area contributed by atoms with Gasteiger partial charge in [-0.05, 0) is 18.2 Å². The fraction of sp³-hybridized carbons (Fsp3) is 0.0833. The standard InChI is InChI=1S/C12H12N4O2S2/c13-8-1-2-10-11(3-8)15-6-12(10)20(17,18)16-5-9-4-14-7-19-9/h1-4,6-7,15-16H,5,13H2. The summed E-state index contributed by atoms with van der Waals surface area (Å²) in [5.74, 6) is 0. The zero-order chi connectivity index (χ0) is 14.2. The Labute approximate surface area is 119 Å². The average Bonchev–Trinajstić information content (AvgIpc) is 3.05. The number of anilines is 1. The highest BCUT2D eigenvalue weighted by molar-refractivity contribution is 7.89. The quantitative estimate of drug-likeness (QED) is 0.638. The summed E-state index contributed by atoms with van der Waals surface area (Å²) in [6, 6.07) is 5.08. The molecule has 0 radical (unpaired) electrons. The second kappa shape index (κ2) is 4.89. The van der Waals surface area contributed by atoms with E-state index in [1.54, 1.807) is 29.9 Å². The van der Waals surface area contributed by atoms with Crippen LogP contribution in [-0.4, -0.2) is 18.4 Å². The van der Waals surface area contributed by atoms with Gasteiger partial charge in [0.1, 0.15) is 4.90 Å². The topological polar surface area (TPSA) is 101 Å². The third-order valence-corrected chi connectivity index (χ3v) is 5.10. The van der Waals surface area contributed by atoms with Crippen molar-refractivity contribution in [1.29, 1.82) is 0 Å². The van der Waals surface area contributed by atoms with Crippen molar-refractivity contribution in [2.75, 3.05) is 5.73 Å². The first-order chi connectivity index (χ1) is 9.56. The van der Waals surface area contributed by atoms with E-state index in [0.717, 1.165) is 4.88 Å². The van der Waals surface area contributed by atoms with Gasteiger partial charge in [0.15, 0.2) is 0 Å². The number of aromatic amines is 1. The van der Waals surface area contributed by atoms with Crippen LogP contribution in [0.5, 0.6) is 0 Å². The maximum absolute atomic E-state index is 12.3. The molecule has 0 aliphatic heterocycles. The van der Waals surface area contributed by atoms with Crippen LogP contribution in [0.25, 0.3) is 10.9 Å². The summed E-state index contributed by atoms with van der Waals surface area (Å²) in [6.07, 6.45) is 3.11. The summed E-state index contributed by atoms with van der Waals surface area (Å²) >= 11 is 1.40. The van der Waals surface area contributed by atoms with E-state index >= 15 is 0 Å². The number of sulfonamides is 1. The first-order valence-electron chi connectivity index (χ1n) is 5.80. The Balaban J connectivity index is 1.93. The first-order valence-corrected chi connectivity index (χ1v) is 8.16. The third kappa shape index (κ3) is 2.40. The lowest BCUT2D eigenvalue weighted by molar-refractivity contribution is 0.582. The second-order valence-electron chi connectivity index (χ2n) is 4.25. The van der Waals surface area contributed by atoms with E-state index in [4.69, 9.17) is 5.73 Å². The van der Waals surface area contributed by atoms with Crippen molar-refractivity contribution in [1.82, 2.24) is 14.7 Å². The van der Waals surface area contributed by atoms with Crippen molar-refractivity contribution in [2.45, 2.75) is 11.4 Å². The number of nitrogens with zero attached hydrogens (tertiary/aromatic N) is 1. The van der Waals surface area contributed by atoms with Crippen LogP contribution in [0.1, 0.15) is 4.88 Å². The maximum Gasteiger partial charge on any atom is 0.243 e. The Bertz CT molecular complexity index is 838. The van der Waals surface area contributed by atoms with Gasteiger partial charge in [-0.25, -0.2) is 13.1 Å². The average molecular weight is 308 g/mol. The van der Waals surface area contributed by atoms with E-state index in [0.29, 0.717) is 16.6 Å². The Morgan fingerprint density at radius 2 is 2.25 bits per heavy atom. The molecule has 0 amide bonds. The molecule has 6 nitrogen and oxygen atoms in total. The number of rotatable bonds is 4. The van der Waals surface area contributed by atoms with E-state index in [2.05, 4.69) is 14.7 Å². The Morgan fingerprint density at radius 1 is 1.40 bits per heavy atom. The van der Waals surface area contributed by atoms with Crippen LogP contribution < -0.4 is 10.5 Å². The van der Waals surface area contributed by atoms with Crippen molar-refractivity contribution in [3.8, 4) is 0 Å². The predicted octanol–water partition coefficient (Wildman–Crippen LogP) is 1.69. The molecule has 0 saturated carbocycles. The minimum Gasteiger partial charge on any atom is -0.399 e. The number of aromatic nitrogens is 2. The number of nitrogens with one attached hydrogen (secondary N) is 2. The summed E-state index contributed by atoms with van der Waals surface area (Å²) in [6.45, 7) is 0.231. The molecule has 3 aromatic rings. The minimum atomic E-state index is -3.58. The van der Waals surface area contributed by atoms with Gasteiger partial charge in [0, 0.05) is 40.4 Å². The zero-order valence-electron chi connectivity index (χ0n) is 10.3. The van der Waals surface area contributed by atoms with E-state index in [1.165, 1.54) is 17.5 Å². The van der Waals surface area contributed by atoms with Crippen molar-refractivity contribution >= 4 is 38.0 Å². The summed E-state index contributed by atoms with van der Waals surface area (Å²) in [5, 5.41) is 0.621. The lowest BCUT2D eigenvalue weighted by Gasteiger charge is -2.04. The van der Waals surface area contributed by atoms with Crippen LogP contribution in [0, 0.1) is 0 Å².